The minimum absolute atomic E-state index is 0.202. The molecule has 0 bridgehead atoms. The Balaban J connectivity index is 2.34. The summed E-state index contributed by atoms with van der Waals surface area (Å²) in [6.07, 6.45) is 2.36. The van der Waals surface area contributed by atoms with Gasteiger partial charge in [-0.3, -0.25) is 0 Å². The van der Waals surface area contributed by atoms with Crippen LogP contribution in [-0.2, 0) is 11.3 Å². The van der Waals surface area contributed by atoms with E-state index in [1.807, 2.05) is 4.57 Å². The summed E-state index contributed by atoms with van der Waals surface area (Å²) in [5.74, 6) is 0.956. The summed E-state index contributed by atoms with van der Waals surface area (Å²) in [7, 11) is 0. The van der Waals surface area contributed by atoms with Crippen molar-refractivity contribution in [1.29, 1.82) is 5.26 Å². The molecule has 0 radical (unpaired) electrons. The van der Waals surface area contributed by atoms with Gasteiger partial charge in [-0.2, -0.15) is 5.26 Å². The van der Waals surface area contributed by atoms with Crippen molar-refractivity contribution in [1.82, 2.24) is 4.57 Å². The van der Waals surface area contributed by atoms with Crippen LogP contribution in [0, 0.1) is 11.3 Å². The molecule has 1 atom stereocenters. The minimum atomic E-state index is 0.202. The van der Waals surface area contributed by atoms with E-state index < -0.39 is 0 Å². The van der Waals surface area contributed by atoms with Crippen LogP contribution in [0.1, 0.15) is 32.4 Å². The van der Waals surface area contributed by atoms with Gasteiger partial charge in [-0.25, -0.2) is 0 Å². The van der Waals surface area contributed by atoms with Crippen molar-refractivity contribution >= 4 is 11.5 Å². The average molecular weight is 262 g/mol. The Morgan fingerprint density at radius 2 is 2.26 bits per heavy atom. The Morgan fingerprint density at radius 1 is 1.53 bits per heavy atom. The van der Waals surface area contributed by atoms with Crippen LogP contribution in [0.15, 0.2) is 6.07 Å². The van der Waals surface area contributed by atoms with Gasteiger partial charge in [-0.15, -0.1) is 0 Å². The summed E-state index contributed by atoms with van der Waals surface area (Å²) in [4.78, 5) is 2.19. The zero-order chi connectivity index (χ0) is 13.8. The van der Waals surface area contributed by atoms with E-state index in [0.29, 0.717) is 17.9 Å². The molecular weight excluding hydrogens is 240 g/mol. The van der Waals surface area contributed by atoms with Crippen LogP contribution in [0.4, 0.5) is 11.5 Å². The first-order valence-corrected chi connectivity index (χ1v) is 6.96. The molecule has 1 aliphatic heterocycles. The summed E-state index contributed by atoms with van der Waals surface area (Å²) in [5, 5.41) is 9.27. The molecule has 5 heteroatoms. The maximum Gasteiger partial charge on any atom is 0.133 e. The SMILES string of the molecule is CCN(CC)c1c(N)cc(C#N)n1CC1CCCO1. The number of nitriles is 1. The number of ether oxygens (including phenoxy) is 1. The van der Waals surface area contributed by atoms with Crippen molar-refractivity contribution in [3.05, 3.63) is 11.8 Å². The molecule has 1 aromatic heterocycles. The molecule has 0 aromatic carbocycles. The largest absolute Gasteiger partial charge is 0.396 e. The van der Waals surface area contributed by atoms with Gasteiger partial charge in [0.05, 0.1) is 18.3 Å². The fraction of sp³-hybridized carbons (Fsp3) is 0.643. The normalized spacial score (nSPS) is 18.5. The summed E-state index contributed by atoms with van der Waals surface area (Å²) in [5.41, 5.74) is 7.39. The Bertz CT molecular complexity index is 465. The highest BCUT2D eigenvalue weighted by atomic mass is 16.5. The number of aromatic nitrogens is 1. The van der Waals surface area contributed by atoms with Crippen molar-refractivity contribution in [2.75, 3.05) is 30.3 Å². The molecule has 1 unspecified atom stereocenters. The Labute approximate surface area is 114 Å². The summed E-state index contributed by atoms with van der Waals surface area (Å²) in [6.45, 7) is 7.48. The average Bonchev–Trinajstić information content (AvgIpc) is 3.02. The van der Waals surface area contributed by atoms with Gasteiger partial charge in [0.15, 0.2) is 0 Å². The molecular formula is C14H22N4O. The Hall–Kier alpha value is -1.67. The van der Waals surface area contributed by atoms with E-state index >= 15 is 0 Å². The lowest BCUT2D eigenvalue weighted by Crippen LogP contribution is -2.28. The number of nitrogens with two attached hydrogens (primary N) is 1. The van der Waals surface area contributed by atoms with Crippen LogP contribution in [-0.4, -0.2) is 30.4 Å². The van der Waals surface area contributed by atoms with Gasteiger partial charge in [0.2, 0.25) is 0 Å². The number of nitrogen functional groups attached to an aromatic ring is 1. The molecule has 2 rings (SSSR count). The lowest BCUT2D eigenvalue weighted by Gasteiger charge is -2.25. The molecule has 0 aliphatic carbocycles. The van der Waals surface area contributed by atoms with Crippen LogP contribution in [0.2, 0.25) is 0 Å². The summed E-state index contributed by atoms with van der Waals surface area (Å²) >= 11 is 0. The van der Waals surface area contributed by atoms with Crippen LogP contribution in [0.3, 0.4) is 0 Å². The second kappa shape index (κ2) is 5.98. The van der Waals surface area contributed by atoms with Gasteiger partial charge in [0.25, 0.3) is 0 Å². The molecule has 1 aromatic rings. The van der Waals surface area contributed by atoms with Crippen LogP contribution in [0.5, 0.6) is 0 Å². The topological polar surface area (TPSA) is 67.2 Å². The number of hydrogen-bond acceptors (Lipinski definition) is 4. The Morgan fingerprint density at radius 3 is 2.79 bits per heavy atom. The maximum atomic E-state index is 9.27. The van der Waals surface area contributed by atoms with E-state index in [4.69, 9.17) is 10.5 Å². The molecule has 1 aliphatic rings. The van der Waals surface area contributed by atoms with Gasteiger partial charge in [0.1, 0.15) is 17.6 Å². The lowest BCUT2D eigenvalue weighted by molar-refractivity contribution is 0.0972. The lowest BCUT2D eigenvalue weighted by atomic mass is 10.2. The molecule has 2 N–H and O–H groups in total. The third kappa shape index (κ3) is 2.69. The highest BCUT2D eigenvalue weighted by Gasteiger charge is 2.22. The fourth-order valence-electron chi connectivity index (χ4n) is 2.71. The first kappa shape index (κ1) is 13.8. The molecule has 1 saturated heterocycles. The van der Waals surface area contributed by atoms with E-state index in [2.05, 4.69) is 24.8 Å². The zero-order valence-electron chi connectivity index (χ0n) is 11.7. The standard InChI is InChI=1S/C14H22N4O/c1-3-17(4-2)14-13(16)8-11(9-15)18(14)10-12-6-5-7-19-12/h8,12H,3-7,10,16H2,1-2H3. The monoisotopic (exact) mass is 262 g/mol. The van der Waals surface area contributed by atoms with Crippen LogP contribution < -0.4 is 10.6 Å². The fourth-order valence-corrected chi connectivity index (χ4v) is 2.71. The van der Waals surface area contributed by atoms with Crippen molar-refractivity contribution in [3.63, 3.8) is 0 Å². The number of nitrogens with zero attached hydrogens (tertiary/aromatic N) is 3. The van der Waals surface area contributed by atoms with Gasteiger partial charge in [-0.05, 0) is 32.8 Å². The molecule has 0 amide bonds. The van der Waals surface area contributed by atoms with Crippen LogP contribution in [0.25, 0.3) is 0 Å². The van der Waals surface area contributed by atoms with Crippen molar-refractivity contribution in [2.24, 2.45) is 0 Å². The van der Waals surface area contributed by atoms with Gasteiger partial charge >= 0.3 is 0 Å². The van der Waals surface area contributed by atoms with Crippen LogP contribution >= 0.6 is 0 Å². The summed E-state index contributed by atoms with van der Waals surface area (Å²) in [6, 6.07) is 4.00. The highest BCUT2D eigenvalue weighted by Crippen LogP contribution is 2.29. The molecule has 0 saturated carbocycles. The second-order valence-corrected chi connectivity index (χ2v) is 4.84. The first-order chi connectivity index (χ1) is 9.21. The van der Waals surface area contributed by atoms with E-state index in [1.54, 1.807) is 6.07 Å². The second-order valence-electron chi connectivity index (χ2n) is 4.84. The molecule has 2 heterocycles. The molecule has 5 nitrogen and oxygen atoms in total. The van der Waals surface area contributed by atoms with Crippen molar-refractivity contribution in [3.8, 4) is 6.07 Å². The number of anilines is 2. The number of rotatable bonds is 5. The minimum Gasteiger partial charge on any atom is -0.396 e. The molecule has 1 fully saturated rings. The van der Waals surface area contributed by atoms with Crippen molar-refractivity contribution < 1.29 is 4.74 Å². The first-order valence-electron chi connectivity index (χ1n) is 6.96. The number of hydrogen-bond donors (Lipinski definition) is 1. The third-order valence-corrected chi connectivity index (χ3v) is 3.68. The predicted octanol–water partition coefficient (Wildman–Crippen LogP) is 1.97. The quantitative estimate of drug-likeness (QED) is 0.881. The van der Waals surface area contributed by atoms with E-state index in [1.165, 1.54) is 0 Å². The van der Waals surface area contributed by atoms with Gasteiger partial charge in [0, 0.05) is 19.7 Å². The van der Waals surface area contributed by atoms with E-state index in [9.17, 15) is 5.26 Å². The van der Waals surface area contributed by atoms with E-state index in [-0.39, 0.29) is 6.10 Å². The predicted molar refractivity (Wildman–Crippen MR) is 76.1 cm³/mol. The third-order valence-electron chi connectivity index (χ3n) is 3.68. The Kier molecular flexibility index (Phi) is 4.33. The molecule has 0 spiro atoms. The van der Waals surface area contributed by atoms with Gasteiger partial charge in [-0.1, -0.05) is 0 Å². The molecule has 104 valence electrons. The smallest absolute Gasteiger partial charge is 0.133 e. The maximum absolute atomic E-state index is 9.27. The zero-order valence-corrected chi connectivity index (χ0v) is 11.7. The van der Waals surface area contributed by atoms with Gasteiger partial charge < -0.3 is 19.9 Å². The summed E-state index contributed by atoms with van der Waals surface area (Å²) < 4.78 is 7.69. The van der Waals surface area contributed by atoms with Crippen molar-refractivity contribution in [2.45, 2.75) is 39.3 Å². The highest BCUT2D eigenvalue weighted by molar-refractivity contribution is 5.67. The van der Waals surface area contributed by atoms with E-state index in [0.717, 1.165) is 38.4 Å². The molecule has 19 heavy (non-hydrogen) atoms.